The maximum atomic E-state index is 14.5. The molecule has 0 aliphatic carbocycles. The monoisotopic (exact) mass is 882 g/mol. The molecular weight excluding hydrogens is 821 g/mol. The molecule has 4 heterocycles. The van der Waals surface area contributed by atoms with E-state index in [1.807, 2.05) is 23.2 Å². The fourth-order valence-electron chi connectivity index (χ4n) is 8.78. The lowest BCUT2D eigenvalue weighted by atomic mass is 9.78. The number of aliphatic hydroxyl groups excluding tert-OH is 2. The molecule has 7 rings (SSSR count). The predicted octanol–water partition coefficient (Wildman–Crippen LogP) is 6.20. The summed E-state index contributed by atoms with van der Waals surface area (Å²) in [5.74, 6) is -6.87. The van der Waals surface area contributed by atoms with Gasteiger partial charge in [-0.3, -0.25) is 24.3 Å². The van der Waals surface area contributed by atoms with Crippen LogP contribution < -0.4 is 10.1 Å². The van der Waals surface area contributed by atoms with Gasteiger partial charge in [0.25, 0.3) is 11.7 Å². The lowest BCUT2D eigenvalue weighted by Crippen LogP contribution is -2.46. The highest BCUT2D eigenvalue weighted by Crippen LogP contribution is 2.51. The van der Waals surface area contributed by atoms with Crippen LogP contribution in [0.4, 0.5) is 5.69 Å². The Kier molecular flexibility index (Phi) is 14.9. The number of nitrogens with zero attached hydrogens (tertiary/aromatic N) is 3. The molecule has 5 bridgehead atoms. The second-order valence-corrected chi connectivity index (χ2v) is 17.5. The van der Waals surface area contributed by atoms with Crippen LogP contribution in [0.15, 0.2) is 77.6 Å². The van der Waals surface area contributed by atoms with Crippen LogP contribution in [0, 0.1) is 30.6 Å². The van der Waals surface area contributed by atoms with E-state index in [-0.39, 0.29) is 50.2 Å². The van der Waals surface area contributed by atoms with Crippen molar-refractivity contribution in [2.45, 2.75) is 92.1 Å². The summed E-state index contributed by atoms with van der Waals surface area (Å²) >= 11 is 0. The number of nitrogens with one attached hydrogen (secondary N) is 1. The number of aliphatic hydroxyl groups is 2. The fraction of sp³-hybridized carbons (Fsp3) is 0.469. The quantitative estimate of drug-likeness (QED) is 0.107. The van der Waals surface area contributed by atoms with Crippen LogP contribution in [-0.4, -0.2) is 118 Å². The van der Waals surface area contributed by atoms with E-state index in [2.05, 4.69) is 22.3 Å². The first-order valence-electron chi connectivity index (χ1n) is 21.8. The van der Waals surface area contributed by atoms with Crippen molar-refractivity contribution in [2.75, 3.05) is 38.6 Å². The largest absolute Gasteiger partial charge is 0.507 e. The first-order chi connectivity index (χ1) is 30.4. The number of rotatable bonds is 6. The fourth-order valence-corrected chi connectivity index (χ4v) is 8.78. The number of amides is 1. The van der Waals surface area contributed by atoms with E-state index in [0.29, 0.717) is 13.1 Å². The van der Waals surface area contributed by atoms with Gasteiger partial charge in [0.15, 0.2) is 5.75 Å². The molecule has 15 nitrogen and oxygen atoms in total. The Morgan fingerprint density at radius 3 is 2.31 bits per heavy atom. The normalized spacial score (nSPS) is 30.4. The molecule has 9 unspecified atom stereocenters. The Bertz CT molecular complexity index is 2340. The first kappa shape index (κ1) is 47.7. The number of carbonyl (C=O) groups is 3. The predicted molar refractivity (Wildman–Crippen MR) is 243 cm³/mol. The van der Waals surface area contributed by atoms with E-state index >= 15 is 0 Å². The van der Waals surface area contributed by atoms with E-state index < -0.39 is 77.3 Å². The second kappa shape index (κ2) is 20.0. The number of ketones is 1. The molecule has 3 aromatic rings. The van der Waals surface area contributed by atoms with Gasteiger partial charge in [0.05, 0.1) is 47.4 Å². The van der Waals surface area contributed by atoms with E-state index in [0.717, 1.165) is 19.6 Å². The zero-order valence-electron chi connectivity index (χ0n) is 38.1. The van der Waals surface area contributed by atoms with Crippen molar-refractivity contribution >= 4 is 40.3 Å². The summed E-state index contributed by atoms with van der Waals surface area (Å²) < 4.78 is 23.8. The zero-order valence-corrected chi connectivity index (χ0v) is 38.1. The lowest BCUT2D eigenvalue weighted by molar-refractivity contribution is -0.160. The number of hydrogen-bond donors (Lipinski definition) is 5. The average Bonchev–Trinajstić information content (AvgIpc) is 3.54. The molecule has 4 aliphatic heterocycles. The molecule has 9 atom stereocenters. The van der Waals surface area contributed by atoms with Gasteiger partial charge in [-0.2, -0.15) is 5.10 Å². The Balaban J connectivity index is 1.43. The number of carbonyl (C=O) groups excluding carboxylic acids is 3. The van der Waals surface area contributed by atoms with Crippen molar-refractivity contribution in [3.8, 4) is 17.2 Å². The van der Waals surface area contributed by atoms with E-state index in [1.54, 1.807) is 71.9 Å². The minimum Gasteiger partial charge on any atom is -0.507 e. The molecule has 0 spiro atoms. The highest BCUT2D eigenvalue weighted by Gasteiger charge is 2.49. The number of benzene rings is 3. The number of hydrogen-bond acceptors (Lipinski definition) is 14. The molecule has 4 aliphatic rings. The van der Waals surface area contributed by atoms with Gasteiger partial charge in [0, 0.05) is 99.4 Å². The number of ether oxygens (including phenoxy) is 4. The van der Waals surface area contributed by atoms with Crippen molar-refractivity contribution < 1.29 is 53.8 Å². The van der Waals surface area contributed by atoms with Crippen LogP contribution in [0.5, 0.6) is 17.2 Å². The number of piperazine rings is 1. The molecule has 5 N–H and O–H groups in total. The van der Waals surface area contributed by atoms with Crippen LogP contribution in [0.25, 0.3) is 10.8 Å². The topological polar surface area (TPSA) is 200 Å². The number of esters is 1. The molecular formula is C49H62N4O11. The average molecular weight is 883 g/mol. The first-order valence-corrected chi connectivity index (χ1v) is 21.8. The number of phenols is 2. The van der Waals surface area contributed by atoms with Crippen LogP contribution in [0.2, 0.25) is 0 Å². The molecule has 0 saturated carbocycles. The third-order valence-electron chi connectivity index (χ3n) is 12.9. The highest BCUT2D eigenvalue weighted by atomic mass is 16.7. The number of aromatic hydroxyl groups is 2. The molecule has 15 heteroatoms. The maximum Gasteiger partial charge on any atom is 0.312 e. The summed E-state index contributed by atoms with van der Waals surface area (Å²) in [6.07, 6.45) is 5.44. The van der Waals surface area contributed by atoms with Crippen LogP contribution in [0.3, 0.4) is 0 Å². The number of Topliss-reactive ketones (excluding diaryl/α,β-unsaturated/α-hetero) is 1. The Morgan fingerprint density at radius 1 is 0.969 bits per heavy atom. The van der Waals surface area contributed by atoms with E-state index in [9.17, 15) is 34.8 Å². The minimum absolute atomic E-state index is 0.0365. The number of fused-ring (bicyclic) bond motifs is 14. The maximum absolute atomic E-state index is 14.5. The van der Waals surface area contributed by atoms with Crippen molar-refractivity contribution in [3.05, 3.63) is 94.8 Å². The van der Waals surface area contributed by atoms with Gasteiger partial charge >= 0.3 is 11.8 Å². The van der Waals surface area contributed by atoms with Crippen molar-refractivity contribution in [2.24, 2.45) is 28.8 Å². The standard InChI is InChI=1S/C49H62N4O11/c1-27-14-13-15-28(2)48(60)51-40-35(25-50-53-21-19-52(20-22-53)26-34-16-11-10-12-17-34)24-36-38(44(40)58)43(57)32(6)46-39(36)47(59)49(8,64-46)62-23-18-37(61-9)29(3)45(63-33(7)54)31(5)42(56)30(4)41(27)55/h10-18,23-25,27,29-31,37,41-42,45,55-58H,19-22,26H2,1-9H3,(H,51,60)/b14-13+,23-18+,28-15-,50-25+. The smallest absolute Gasteiger partial charge is 0.312 e. The van der Waals surface area contributed by atoms with Crippen molar-refractivity contribution in [3.63, 3.8) is 0 Å². The molecule has 1 amide bonds. The third-order valence-corrected chi connectivity index (χ3v) is 12.9. The number of methoxy groups -OCH3 is 1. The van der Waals surface area contributed by atoms with Gasteiger partial charge in [-0.25, -0.2) is 0 Å². The molecule has 1 saturated heterocycles. The molecule has 64 heavy (non-hydrogen) atoms. The van der Waals surface area contributed by atoms with Gasteiger partial charge in [0.2, 0.25) is 0 Å². The Hall–Kier alpha value is -5.74. The summed E-state index contributed by atoms with van der Waals surface area (Å²) in [5, 5.41) is 56.2. The van der Waals surface area contributed by atoms with Gasteiger partial charge in [0.1, 0.15) is 17.6 Å². The summed E-state index contributed by atoms with van der Waals surface area (Å²) in [6.45, 7) is 16.4. The van der Waals surface area contributed by atoms with Crippen molar-refractivity contribution in [1.29, 1.82) is 0 Å². The summed E-state index contributed by atoms with van der Waals surface area (Å²) in [6, 6.07) is 11.8. The molecule has 0 radical (unpaired) electrons. The number of allylic oxidation sites excluding steroid dienone is 2. The van der Waals surface area contributed by atoms with Gasteiger partial charge < -0.3 is 44.7 Å². The number of phenolic OH excluding ortho intramolecular Hbond substituents is 2. The number of anilines is 1. The Labute approximate surface area is 374 Å². The second-order valence-electron chi connectivity index (χ2n) is 17.5. The lowest BCUT2D eigenvalue weighted by Gasteiger charge is -2.38. The van der Waals surface area contributed by atoms with Crippen LogP contribution >= 0.6 is 0 Å². The SMILES string of the molecule is COC1/C=C/OC2(C)Oc3c(C)c(O)c4c(O)c(c(/C=N/N5CCN(Cc6ccccc6)CC5)cc4c3C2=O)NC(=O)/C(C)=C\C=C\C(C)C(O)C(C)C(O)C(C)C(OC(C)=O)C1C. The van der Waals surface area contributed by atoms with Crippen LogP contribution in [-0.2, 0) is 30.3 Å². The van der Waals surface area contributed by atoms with E-state index in [1.165, 1.54) is 39.0 Å². The third kappa shape index (κ3) is 9.97. The Morgan fingerprint density at radius 2 is 1.66 bits per heavy atom. The van der Waals surface area contributed by atoms with Crippen molar-refractivity contribution in [1.82, 2.24) is 9.91 Å². The zero-order chi connectivity index (χ0) is 46.6. The summed E-state index contributed by atoms with van der Waals surface area (Å²) in [5.41, 5.74) is 1.89. The highest BCUT2D eigenvalue weighted by molar-refractivity contribution is 6.21. The molecule has 3 aromatic carbocycles. The minimum atomic E-state index is -1.94. The molecule has 1 fully saturated rings. The molecule has 0 aromatic heterocycles. The van der Waals surface area contributed by atoms with E-state index in [4.69, 9.17) is 24.0 Å². The summed E-state index contributed by atoms with van der Waals surface area (Å²) in [4.78, 5) is 43.1. The number of hydrazone groups is 1. The van der Waals surface area contributed by atoms with Gasteiger partial charge in [-0.1, -0.05) is 76.3 Å². The summed E-state index contributed by atoms with van der Waals surface area (Å²) in [7, 11) is 1.46. The van der Waals surface area contributed by atoms with Gasteiger partial charge in [-0.15, -0.1) is 0 Å². The van der Waals surface area contributed by atoms with Crippen LogP contribution in [0.1, 0.15) is 75.5 Å². The van der Waals surface area contributed by atoms with Gasteiger partial charge in [-0.05, 0) is 31.6 Å². The molecule has 344 valence electrons.